The first-order valence-corrected chi connectivity index (χ1v) is 20.2. The standard InChI is InChI=1S/C24H20N6O.C16H13ClN4.C8H8N2O/c1-28-21-10-2-3-11-22(21)30(24(28)31)23-18(7-4-14-27-23)17-29(19-8-5-12-25-15-19)20-9-6-13-26-16-20;17-16-13(4-1-9-20-16)12-21(14-5-2-7-18-10-14)15-6-3-8-19-11-15;1-10-7-5-3-2-4-6(7)9-8(10)11/h2-16H,17H2,1H3;1-11H,12H2;2-5H,1H3,(H,9,11). The first-order chi connectivity index (χ1) is 30.9. The van der Waals surface area contributed by atoms with Crippen LogP contribution < -0.4 is 21.2 Å². The van der Waals surface area contributed by atoms with Crippen LogP contribution in [0.3, 0.4) is 0 Å². The van der Waals surface area contributed by atoms with E-state index < -0.39 is 0 Å². The number of nitrogens with one attached hydrogen (secondary N) is 1. The lowest BCUT2D eigenvalue weighted by molar-refractivity contribution is 0.820. The topological polar surface area (TPSA) is 149 Å². The van der Waals surface area contributed by atoms with Crippen LogP contribution in [0.25, 0.3) is 27.9 Å². The average Bonchev–Trinajstić information content (AvgIpc) is 3.78. The van der Waals surface area contributed by atoms with Gasteiger partial charge in [0.05, 0.1) is 82.7 Å². The Labute approximate surface area is 367 Å². The highest BCUT2D eigenvalue weighted by atomic mass is 35.5. The van der Waals surface area contributed by atoms with Crippen LogP contribution in [-0.2, 0) is 27.2 Å². The fraction of sp³-hybridized carbons (Fsp3) is 0.0833. The molecule has 0 bridgehead atoms. The summed E-state index contributed by atoms with van der Waals surface area (Å²) in [6, 6.07) is 38.7. The molecule has 10 aromatic rings. The highest BCUT2D eigenvalue weighted by Crippen LogP contribution is 2.29. The molecule has 10 rings (SSSR count). The maximum Gasteiger partial charge on any atom is 0.334 e. The second-order valence-electron chi connectivity index (χ2n) is 14.1. The van der Waals surface area contributed by atoms with Crippen LogP contribution in [0.1, 0.15) is 11.1 Å². The second kappa shape index (κ2) is 19.4. The van der Waals surface area contributed by atoms with Crippen LogP contribution in [0.5, 0.6) is 0 Å². The number of hydrogen-bond donors (Lipinski definition) is 1. The van der Waals surface area contributed by atoms with E-state index in [1.165, 1.54) is 0 Å². The zero-order chi connectivity index (χ0) is 43.5. The maximum absolute atomic E-state index is 13.1. The number of rotatable bonds is 9. The largest absolute Gasteiger partial charge is 0.334 e. The minimum absolute atomic E-state index is 0.0637. The molecule has 0 amide bonds. The molecule has 0 aliphatic heterocycles. The minimum atomic E-state index is -0.129. The van der Waals surface area contributed by atoms with E-state index in [0.717, 1.165) is 55.9 Å². The molecule has 312 valence electrons. The van der Waals surface area contributed by atoms with Gasteiger partial charge in [-0.15, -0.1) is 0 Å². The number of H-pyrrole nitrogens is 1. The van der Waals surface area contributed by atoms with Crippen LogP contribution in [0, 0.1) is 0 Å². The molecule has 15 heteroatoms. The van der Waals surface area contributed by atoms with Crippen LogP contribution in [0.15, 0.2) is 193 Å². The molecular formula is C48H41ClN12O2. The van der Waals surface area contributed by atoms with E-state index in [1.54, 1.807) is 65.0 Å². The molecule has 0 atom stereocenters. The van der Waals surface area contributed by atoms with Crippen LogP contribution in [0.4, 0.5) is 22.7 Å². The van der Waals surface area contributed by atoms with Gasteiger partial charge in [-0.3, -0.25) is 29.1 Å². The Hall–Kier alpha value is -8.23. The monoisotopic (exact) mass is 852 g/mol. The Bertz CT molecular complexity index is 3100. The van der Waals surface area contributed by atoms with Crippen molar-refractivity contribution in [3.8, 4) is 5.82 Å². The summed E-state index contributed by atoms with van der Waals surface area (Å²) in [5, 5.41) is 0.510. The average molecular weight is 853 g/mol. The predicted molar refractivity (Wildman–Crippen MR) is 248 cm³/mol. The van der Waals surface area contributed by atoms with Gasteiger partial charge in [-0.25, -0.2) is 24.1 Å². The number of imidazole rings is 2. The fourth-order valence-corrected chi connectivity index (χ4v) is 7.21. The number of halogens is 1. The fourth-order valence-electron chi connectivity index (χ4n) is 7.03. The van der Waals surface area contributed by atoms with Gasteiger partial charge in [0.2, 0.25) is 0 Å². The van der Waals surface area contributed by atoms with Crippen molar-refractivity contribution in [3.05, 3.63) is 221 Å². The molecule has 0 spiro atoms. The normalized spacial score (nSPS) is 10.7. The number of benzene rings is 2. The molecule has 2 aromatic carbocycles. The number of aromatic amines is 1. The van der Waals surface area contributed by atoms with E-state index in [0.29, 0.717) is 24.1 Å². The van der Waals surface area contributed by atoms with Crippen molar-refractivity contribution in [2.24, 2.45) is 14.1 Å². The maximum atomic E-state index is 13.1. The van der Waals surface area contributed by atoms with Gasteiger partial charge in [0.1, 0.15) is 11.0 Å². The molecule has 1 N–H and O–H groups in total. The molecule has 8 aromatic heterocycles. The van der Waals surface area contributed by atoms with Crippen molar-refractivity contribution in [1.82, 2.24) is 48.6 Å². The van der Waals surface area contributed by atoms with Crippen molar-refractivity contribution in [3.63, 3.8) is 0 Å². The smallest absolute Gasteiger partial charge is 0.334 e. The number of nitrogens with zero attached hydrogens (tertiary/aromatic N) is 11. The van der Waals surface area contributed by atoms with Crippen LogP contribution >= 0.6 is 11.6 Å². The third-order valence-corrected chi connectivity index (χ3v) is 10.5. The van der Waals surface area contributed by atoms with Gasteiger partial charge in [0.15, 0.2) is 0 Å². The molecule has 0 radical (unpaired) electrons. The number of pyridine rings is 6. The van der Waals surface area contributed by atoms with Crippen molar-refractivity contribution in [2.75, 3.05) is 9.80 Å². The van der Waals surface area contributed by atoms with E-state index in [4.69, 9.17) is 11.6 Å². The van der Waals surface area contributed by atoms with E-state index in [1.807, 2.05) is 146 Å². The zero-order valence-electron chi connectivity index (χ0n) is 34.3. The van der Waals surface area contributed by atoms with E-state index in [9.17, 15) is 9.59 Å². The Morgan fingerprint density at radius 3 is 1.48 bits per heavy atom. The van der Waals surface area contributed by atoms with E-state index >= 15 is 0 Å². The third-order valence-electron chi connectivity index (χ3n) is 10.2. The summed E-state index contributed by atoms with van der Waals surface area (Å²) in [5.74, 6) is 0.613. The molecule has 0 saturated heterocycles. The van der Waals surface area contributed by atoms with Gasteiger partial charge < -0.3 is 14.8 Å². The zero-order valence-corrected chi connectivity index (χ0v) is 35.1. The van der Waals surface area contributed by atoms with Gasteiger partial charge in [-0.05, 0) is 84.9 Å². The Morgan fingerprint density at radius 1 is 0.508 bits per heavy atom. The summed E-state index contributed by atoms with van der Waals surface area (Å²) >= 11 is 6.17. The molecule has 14 nitrogen and oxygen atoms in total. The summed E-state index contributed by atoms with van der Waals surface area (Å²) in [5.41, 5.74) is 8.99. The molecule has 0 unspecified atom stereocenters. The van der Waals surface area contributed by atoms with Crippen molar-refractivity contribution in [1.29, 1.82) is 0 Å². The Morgan fingerprint density at radius 2 is 0.968 bits per heavy atom. The molecular weight excluding hydrogens is 812 g/mol. The van der Waals surface area contributed by atoms with Gasteiger partial charge in [0, 0.05) is 62.4 Å². The van der Waals surface area contributed by atoms with Crippen LogP contribution in [-0.4, -0.2) is 48.6 Å². The second-order valence-corrected chi connectivity index (χ2v) is 14.5. The minimum Gasteiger partial charge on any atom is -0.334 e. The first-order valence-electron chi connectivity index (χ1n) is 19.9. The van der Waals surface area contributed by atoms with Crippen LogP contribution in [0.2, 0.25) is 5.15 Å². The van der Waals surface area contributed by atoms with Crippen molar-refractivity contribution >= 4 is 56.4 Å². The number of anilines is 4. The van der Waals surface area contributed by atoms with E-state index in [-0.39, 0.29) is 11.4 Å². The number of fused-ring (bicyclic) bond motifs is 2. The molecule has 0 aliphatic rings. The third kappa shape index (κ3) is 9.41. The molecule has 0 fully saturated rings. The molecule has 0 saturated carbocycles. The summed E-state index contributed by atoms with van der Waals surface area (Å²) in [7, 11) is 3.53. The number of aromatic nitrogens is 10. The number of aryl methyl sites for hydroxylation is 2. The SMILES string of the molecule is Clc1ncccc1CN(c1cccnc1)c1cccnc1.Cn1c(=O)[nH]c2ccccc21.Cn1c(=O)n(-c2ncccc2CN(c2cccnc2)c2cccnc2)c2ccccc21. The lowest BCUT2D eigenvalue weighted by Crippen LogP contribution is -2.24. The molecule has 63 heavy (non-hydrogen) atoms. The van der Waals surface area contributed by atoms with Crippen molar-refractivity contribution < 1.29 is 0 Å². The summed E-state index contributed by atoms with van der Waals surface area (Å²) < 4.78 is 4.92. The lowest BCUT2D eigenvalue weighted by Gasteiger charge is -2.25. The number of hydrogen-bond acceptors (Lipinski definition) is 10. The van der Waals surface area contributed by atoms with Gasteiger partial charge in [-0.1, -0.05) is 48.0 Å². The predicted octanol–water partition coefficient (Wildman–Crippen LogP) is 8.58. The summed E-state index contributed by atoms with van der Waals surface area (Å²) in [6.07, 6.45) is 17.7. The first kappa shape index (κ1) is 41.5. The quantitative estimate of drug-likeness (QED) is 0.140. The number of para-hydroxylation sites is 4. The Balaban J connectivity index is 0.000000146. The Kier molecular flexibility index (Phi) is 12.8. The summed E-state index contributed by atoms with van der Waals surface area (Å²) in [6.45, 7) is 1.10. The summed E-state index contributed by atoms with van der Waals surface area (Å²) in [4.78, 5) is 56.8. The lowest BCUT2D eigenvalue weighted by atomic mass is 10.2. The molecule has 0 aliphatic carbocycles. The van der Waals surface area contributed by atoms with E-state index in [2.05, 4.69) is 44.7 Å². The van der Waals surface area contributed by atoms with Gasteiger partial charge in [0.25, 0.3) is 0 Å². The highest BCUT2D eigenvalue weighted by Gasteiger charge is 2.19. The highest BCUT2D eigenvalue weighted by molar-refractivity contribution is 6.30. The molecule has 8 heterocycles. The van der Waals surface area contributed by atoms with Gasteiger partial charge in [-0.2, -0.15) is 0 Å². The van der Waals surface area contributed by atoms with Crippen molar-refractivity contribution in [2.45, 2.75) is 13.1 Å². The van der Waals surface area contributed by atoms with Gasteiger partial charge >= 0.3 is 11.4 Å².